The van der Waals surface area contributed by atoms with Crippen molar-refractivity contribution in [2.24, 2.45) is 5.92 Å². The van der Waals surface area contributed by atoms with Gasteiger partial charge in [0.05, 0.1) is 20.0 Å². The maximum Gasteiger partial charge on any atom is 0.123 e. The summed E-state index contributed by atoms with van der Waals surface area (Å²) in [5, 5.41) is 10.9. The van der Waals surface area contributed by atoms with Gasteiger partial charge in [0.15, 0.2) is 0 Å². The number of benzene rings is 1. The fraction of sp³-hybridized carbons (Fsp3) is 0.500. The number of allylic oxidation sites excluding steroid dienone is 3. The van der Waals surface area contributed by atoms with Gasteiger partial charge < -0.3 is 14.6 Å². The lowest BCUT2D eigenvalue weighted by Crippen LogP contribution is -2.57. The van der Waals surface area contributed by atoms with Gasteiger partial charge in [0, 0.05) is 29.0 Å². The third-order valence-corrected chi connectivity index (χ3v) is 6.36. The minimum atomic E-state index is -0.179. The van der Waals surface area contributed by atoms with E-state index in [4.69, 9.17) is 9.47 Å². The van der Waals surface area contributed by atoms with E-state index in [0.717, 1.165) is 36.5 Å². The van der Waals surface area contributed by atoms with E-state index < -0.39 is 0 Å². The molecule has 0 spiro atoms. The molecular formula is C20H25NO3. The summed E-state index contributed by atoms with van der Waals surface area (Å²) in [6.07, 6.45) is 6.23. The molecule has 0 unspecified atom stereocenters. The van der Waals surface area contributed by atoms with Gasteiger partial charge in [0.2, 0.25) is 0 Å². The summed E-state index contributed by atoms with van der Waals surface area (Å²) < 4.78 is 11.1. The minimum absolute atomic E-state index is 0.179. The molecule has 0 aromatic heterocycles. The van der Waals surface area contributed by atoms with Crippen LogP contribution in [0.4, 0.5) is 0 Å². The zero-order valence-corrected chi connectivity index (χ0v) is 14.8. The second kappa shape index (κ2) is 5.28. The SMILES string of the molecule is COC1=CC=C2[C@H]3Cc4cc(OC)cc(O)c4[C@@]2(CCN3C)[C@H]1C. The number of rotatable bonds is 2. The van der Waals surface area contributed by atoms with E-state index in [1.807, 2.05) is 0 Å². The number of likely N-dealkylation sites (tertiary alicyclic amines) is 1. The third-order valence-electron chi connectivity index (χ3n) is 6.36. The molecule has 1 aliphatic heterocycles. The molecule has 1 saturated heterocycles. The Morgan fingerprint density at radius 1 is 1.21 bits per heavy atom. The van der Waals surface area contributed by atoms with Gasteiger partial charge in [0.25, 0.3) is 0 Å². The highest BCUT2D eigenvalue weighted by atomic mass is 16.5. The molecule has 1 aromatic carbocycles. The molecule has 1 aromatic rings. The number of nitrogens with zero attached hydrogens (tertiary/aromatic N) is 1. The van der Waals surface area contributed by atoms with Crippen molar-refractivity contribution >= 4 is 0 Å². The van der Waals surface area contributed by atoms with Gasteiger partial charge in [0.1, 0.15) is 11.5 Å². The number of hydrogen-bond acceptors (Lipinski definition) is 4. The maximum absolute atomic E-state index is 10.9. The predicted octanol–water partition coefficient (Wildman–Crippen LogP) is 3.01. The Bertz CT molecular complexity index is 751. The van der Waals surface area contributed by atoms with E-state index in [0.29, 0.717) is 11.8 Å². The molecule has 2 aliphatic carbocycles. The van der Waals surface area contributed by atoms with Crippen LogP contribution in [0.25, 0.3) is 0 Å². The third kappa shape index (κ3) is 1.83. The number of piperidine rings is 1. The lowest BCUT2D eigenvalue weighted by Gasteiger charge is -2.56. The summed E-state index contributed by atoms with van der Waals surface area (Å²) in [6.45, 7) is 3.25. The molecule has 128 valence electrons. The first-order chi connectivity index (χ1) is 11.5. The van der Waals surface area contributed by atoms with E-state index >= 15 is 0 Å². The van der Waals surface area contributed by atoms with Gasteiger partial charge >= 0.3 is 0 Å². The normalized spacial score (nSPS) is 31.5. The van der Waals surface area contributed by atoms with E-state index in [9.17, 15) is 5.11 Å². The second-order valence-electron chi connectivity index (χ2n) is 7.22. The van der Waals surface area contributed by atoms with Crippen molar-refractivity contribution in [3.8, 4) is 11.5 Å². The van der Waals surface area contributed by atoms with Crippen molar-refractivity contribution in [1.82, 2.24) is 4.90 Å². The van der Waals surface area contributed by atoms with Gasteiger partial charge in [-0.05, 0) is 49.7 Å². The fourth-order valence-corrected chi connectivity index (χ4v) is 5.13. The summed E-state index contributed by atoms with van der Waals surface area (Å²) in [7, 11) is 5.58. The highest BCUT2D eigenvalue weighted by Gasteiger charge is 2.55. The van der Waals surface area contributed by atoms with Crippen LogP contribution in [0.1, 0.15) is 24.5 Å². The monoisotopic (exact) mass is 327 g/mol. The lowest BCUT2D eigenvalue weighted by atomic mass is 9.53. The molecule has 1 fully saturated rings. The van der Waals surface area contributed by atoms with E-state index in [-0.39, 0.29) is 11.3 Å². The first-order valence-electron chi connectivity index (χ1n) is 8.59. The van der Waals surface area contributed by atoms with Crippen LogP contribution in [0.5, 0.6) is 11.5 Å². The lowest BCUT2D eigenvalue weighted by molar-refractivity contribution is 0.113. The Labute approximate surface area is 143 Å². The first-order valence-corrected chi connectivity index (χ1v) is 8.59. The Morgan fingerprint density at radius 2 is 2.00 bits per heavy atom. The molecule has 0 saturated carbocycles. The molecule has 24 heavy (non-hydrogen) atoms. The Balaban J connectivity index is 2.00. The number of methoxy groups -OCH3 is 2. The average Bonchev–Trinajstić information content (AvgIpc) is 2.58. The van der Waals surface area contributed by atoms with Crippen molar-refractivity contribution in [3.05, 3.63) is 46.7 Å². The number of likely N-dealkylation sites (N-methyl/N-ethyl adjacent to an activating group) is 1. The average molecular weight is 327 g/mol. The zero-order valence-electron chi connectivity index (χ0n) is 14.8. The van der Waals surface area contributed by atoms with Crippen molar-refractivity contribution in [2.45, 2.75) is 31.2 Å². The number of hydrogen-bond donors (Lipinski definition) is 1. The summed E-state index contributed by atoms with van der Waals surface area (Å²) >= 11 is 0. The van der Waals surface area contributed by atoms with Crippen LogP contribution < -0.4 is 4.74 Å². The molecule has 4 nitrogen and oxygen atoms in total. The quantitative estimate of drug-likeness (QED) is 0.907. The van der Waals surface area contributed by atoms with Crippen molar-refractivity contribution in [2.75, 3.05) is 27.8 Å². The maximum atomic E-state index is 10.9. The van der Waals surface area contributed by atoms with Crippen LogP contribution in [0.3, 0.4) is 0 Å². The Hall–Kier alpha value is -1.94. The van der Waals surface area contributed by atoms with Crippen LogP contribution in [-0.2, 0) is 16.6 Å². The van der Waals surface area contributed by atoms with Gasteiger partial charge in [-0.3, -0.25) is 4.90 Å². The first kappa shape index (κ1) is 15.6. The molecule has 0 amide bonds. The summed E-state index contributed by atoms with van der Waals surface area (Å²) in [5.74, 6) is 2.27. The van der Waals surface area contributed by atoms with Crippen LogP contribution in [-0.4, -0.2) is 43.9 Å². The topological polar surface area (TPSA) is 41.9 Å². The van der Waals surface area contributed by atoms with E-state index in [2.05, 4.69) is 37.1 Å². The molecule has 0 radical (unpaired) electrons. The van der Waals surface area contributed by atoms with Crippen LogP contribution >= 0.6 is 0 Å². The highest BCUT2D eigenvalue weighted by Crippen LogP contribution is 2.58. The van der Waals surface area contributed by atoms with E-state index in [1.165, 1.54) is 11.1 Å². The largest absolute Gasteiger partial charge is 0.507 e. The Morgan fingerprint density at radius 3 is 2.71 bits per heavy atom. The molecular weight excluding hydrogens is 302 g/mol. The van der Waals surface area contributed by atoms with Gasteiger partial charge in [-0.2, -0.15) is 0 Å². The van der Waals surface area contributed by atoms with Gasteiger partial charge in [-0.25, -0.2) is 0 Å². The van der Waals surface area contributed by atoms with Crippen LogP contribution in [0.2, 0.25) is 0 Å². The number of phenols is 1. The second-order valence-corrected chi connectivity index (χ2v) is 7.22. The summed E-state index contributed by atoms with van der Waals surface area (Å²) in [4.78, 5) is 2.43. The molecule has 3 aliphatic rings. The molecule has 2 bridgehead atoms. The van der Waals surface area contributed by atoms with Crippen LogP contribution in [0.15, 0.2) is 35.6 Å². The molecule has 1 N–H and O–H groups in total. The number of ether oxygens (including phenoxy) is 2. The van der Waals surface area contributed by atoms with Crippen molar-refractivity contribution < 1.29 is 14.6 Å². The van der Waals surface area contributed by atoms with Crippen LogP contribution in [0, 0.1) is 5.92 Å². The number of phenolic OH excluding ortho intramolecular Hbond substituents is 1. The van der Waals surface area contributed by atoms with Crippen molar-refractivity contribution in [1.29, 1.82) is 0 Å². The molecule has 4 heteroatoms. The molecule has 1 heterocycles. The highest BCUT2D eigenvalue weighted by molar-refractivity contribution is 5.61. The molecule has 4 rings (SSSR count). The summed E-state index contributed by atoms with van der Waals surface area (Å²) in [6, 6.07) is 4.22. The predicted molar refractivity (Wildman–Crippen MR) is 93.4 cm³/mol. The van der Waals surface area contributed by atoms with Gasteiger partial charge in [-0.1, -0.05) is 13.0 Å². The minimum Gasteiger partial charge on any atom is -0.507 e. The summed E-state index contributed by atoms with van der Waals surface area (Å²) in [5.41, 5.74) is 3.51. The number of aromatic hydroxyl groups is 1. The zero-order chi connectivity index (χ0) is 17.1. The molecule has 3 atom stereocenters. The van der Waals surface area contributed by atoms with Crippen molar-refractivity contribution in [3.63, 3.8) is 0 Å². The Kier molecular flexibility index (Phi) is 3.43. The van der Waals surface area contributed by atoms with Gasteiger partial charge in [-0.15, -0.1) is 0 Å². The number of fused-ring (bicyclic) bond motifs is 1. The standard InChI is InChI=1S/C20H25NO3/c1-12-18(24-4)6-5-15-16-10-13-9-14(23-3)11-17(22)19(13)20(12,15)7-8-21(16)2/h5-6,9,11-12,16,22H,7-8,10H2,1-4H3/t12-,16+,20-/m0/s1. The van der Waals surface area contributed by atoms with E-state index in [1.54, 1.807) is 20.3 Å². The fourth-order valence-electron chi connectivity index (χ4n) is 5.13. The smallest absolute Gasteiger partial charge is 0.123 e.